The fraction of sp³-hybridized carbons (Fsp3) is 0.192. The van der Waals surface area contributed by atoms with Crippen LogP contribution in [0.15, 0.2) is 78.0 Å². The van der Waals surface area contributed by atoms with E-state index in [4.69, 9.17) is 9.47 Å². The summed E-state index contributed by atoms with van der Waals surface area (Å²) in [5.41, 5.74) is 3.74. The summed E-state index contributed by atoms with van der Waals surface area (Å²) >= 11 is 1.58. The van der Waals surface area contributed by atoms with E-state index in [-0.39, 0.29) is 12.7 Å². The molecule has 0 unspecified atom stereocenters. The number of nitrogens with zero attached hydrogens (tertiary/aromatic N) is 3. The molecule has 0 spiro atoms. The maximum absolute atomic E-state index is 13.0. The molecule has 0 atom stereocenters. The maximum Gasteiger partial charge on any atom is 0.251 e. The van der Waals surface area contributed by atoms with Crippen molar-refractivity contribution in [2.45, 2.75) is 30.9 Å². The molecule has 1 amide bonds. The number of ether oxygens (including phenoxy) is 2. The Morgan fingerprint density at radius 1 is 0.971 bits per heavy atom. The van der Waals surface area contributed by atoms with E-state index in [9.17, 15) is 4.79 Å². The van der Waals surface area contributed by atoms with Gasteiger partial charge in [0.15, 0.2) is 16.7 Å². The summed E-state index contributed by atoms with van der Waals surface area (Å²) in [4.78, 5) is 13.0. The molecule has 8 heteroatoms. The molecule has 0 fully saturated rings. The molecule has 0 saturated heterocycles. The number of hydrogen-bond acceptors (Lipinski definition) is 6. The number of aryl methyl sites for hydroxylation is 1. The number of carbonyl (C=O) groups excluding carboxylic acids is 1. The van der Waals surface area contributed by atoms with Crippen molar-refractivity contribution in [3.63, 3.8) is 0 Å². The molecule has 34 heavy (non-hydrogen) atoms. The number of thioether (sulfide) groups is 1. The van der Waals surface area contributed by atoms with Gasteiger partial charge in [0.25, 0.3) is 5.91 Å². The van der Waals surface area contributed by atoms with Crippen LogP contribution < -0.4 is 14.8 Å². The molecular formula is C26H24N4O3S. The lowest BCUT2D eigenvalue weighted by Gasteiger charge is -2.12. The van der Waals surface area contributed by atoms with E-state index in [0.717, 1.165) is 27.9 Å². The van der Waals surface area contributed by atoms with Gasteiger partial charge in [0.1, 0.15) is 5.82 Å². The van der Waals surface area contributed by atoms with Crippen LogP contribution in [0.25, 0.3) is 0 Å². The Morgan fingerprint density at radius 2 is 1.76 bits per heavy atom. The van der Waals surface area contributed by atoms with E-state index >= 15 is 0 Å². The second kappa shape index (κ2) is 10.0. The Balaban J connectivity index is 1.25. The molecule has 7 nitrogen and oxygen atoms in total. The molecule has 1 aliphatic rings. The molecule has 4 aromatic rings. The van der Waals surface area contributed by atoms with Crippen LogP contribution in [0.2, 0.25) is 0 Å². The number of fused-ring (bicyclic) bond motifs is 1. The third kappa shape index (κ3) is 4.92. The third-order valence-corrected chi connectivity index (χ3v) is 6.61. The number of hydrogen-bond donors (Lipinski definition) is 1. The predicted octanol–water partition coefficient (Wildman–Crippen LogP) is 4.59. The molecule has 172 valence electrons. The maximum atomic E-state index is 13.0. The van der Waals surface area contributed by atoms with E-state index in [0.29, 0.717) is 30.2 Å². The van der Waals surface area contributed by atoms with Crippen LogP contribution in [0.5, 0.6) is 11.5 Å². The fourth-order valence-corrected chi connectivity index (χ4v) is 4.74. The van der Waals surface area contributed by atoms with Crippen LogP contribution in [0.3, 0.4) is 0 Å². The summed E-state index contributed by atoms with van der Waals surface area (Å²) < 4.78 is 12.9. The van der Waals surface area contributed by atoms with Crippen molar-refractivity contribution in [2.75, 3.05) is 6.79 Å². The standard InChI is InChI=1S/C26H24N4O3S/c1-18-28-29-26(30(18)15-19-7-3-2-4-8-19)34-16-21-9-5-6-10-22(21)25(31)27-14-20-11-12-23-24(13-20)33-17-32-23/h2-13H,14-17H2,1H3,(H,27,31). The Labute approximate surface area is 202 Å². The van der Waals surface area contributed by atoms with Gasteiger partial charge in [-0.3, -0.25) is 4.79 Å². The zero-order valence-corrected chi connectivity index (χ0v) is 19.5. The van der Waals surface area contributed by atoms with Gasteiger partial charge < -0.3 is 19.4 Å². The number of carbonyl (C=O) groups is 1. The van der Waals surface area contributed by atoms with Gasteiger partial charge in [-0.05, 0) is 41.8 Å². The minimum atomic E-state index is -0.115. The zero-order valence-electron chi connectivity index (χ0n) is 18.7. The third-order valence-electron chi connectivity index (χ3n) is 5.59. The highest BCUT2D eigenvalue weighted by Crippen LogP contribution is 2.32. The van der Waals surface area contributed by atoms with Gasteiger partial charge in [-0.15, -0.1) is 10.2 Å². The van der Waals surface area contributed by atoms with Gasteiger partial charge in [-0.2, -0.15) is 0 Å². The first-order valence-corrected chi connectivity index (χ1v) is 12.0. The molecule has 0 saturated carbocycles. The normalized spacial score (nSPS) is 12.0. The van der Waals surface area contributed by atoms with Crippen molar-refractivity contribution in [1.82, 2.24) is 20.1 Å². The van der Waals surface area contributed by atoms with E-state index < -0.39 is 0 Å². The number of rotatable bonds is 8. The molecule has 1 N–H and O–H groups in total. The van der Waals surface area contributed by atoms with Gasteiger partial charge >= 0.3 is 0 Å². The largest absolute Gasteiger partial charge is 0.454 e. The first kappa shape index (κ1) is 22.0. The number of aromatic nitrogens is 3. The first-order chi connectivity index (χ1) is 16.7. The van der Waals surface area contributed by atoms with Crippen LogP contribution in [0.1, 0.15) is 32.9 Å². The Bertz CT molecular complexity index is 1310. The number of amides is 1. The lowest BCUT2D eigenvalue weighted by atomic mass is 10.1. The van der Waals surface area contributed by atoms with Crippen LogP contribution in [-0.4, -0.2) is 27.5 Å². The second-order valence-electron chi connectivity index (χ2n) is 7.92. The molecule has 2 heterocycles. The monoisotopic (exact) mass is 472 g/mol. The molecule has 0 bridgehead atoms. The number of benzene rings is 3. The minimum Gasteiger partial charge on any atom is -0.454 e. The van der Waals surface area contributed by atoms with Gasteiger partial charge in [-0.25, -0.2) is 0 Å². The van der Waals surface area contributed by atoms with Crippen LogP contribution in [0.4, 0.5) is 0 Å². The zero-order chi connectivity index (χ0) is 23.3. The Kier molecular flexibility index (Phi) is 6.49. The summed E-state index contributed by atoms with van der Waals surface area (Å²) in [5, 5.41) is 12.5. The summed E-state index contributed by atoms with van der Waals surface area (Å²) in [6.45, 7) is 3.30. The Morgan fingerprint density at radius 3 is 2.65 bits per heavy atom. The van der Waals surface area contributed by atoms with Crippen LogP contribution in [-0.2, 0) is 18.8 Å². The van der Waals surface area contributed by atoms with Crippen molar-refractivity contribution >= 4 is 17.7 Å². The lowest BCUT2D eigenvalue weighted by Crippen LogP contribution is -2.23. The highest BCUT2D eigenvalue weighted by molar-refractivity contribution is 7.98. The minimum absolute atomic E-state index is 0.115. The van der Waals surface area contributed by atoms with Crippen molar-refractivity contribution in [3.8, 4) is 11.5 Å². The molecule has 0 aliphatic carbocycles. The lowest BCUT2D eigenvalue weighted by molar-refractivity contribution is 0.0950. The molecule has 0 radical (unpaired) electrons. The van der Waals surface area contributed by atoms with E-state index in [1.807, 2.05) is 67.6 Å². The molecule has 1 aliphatic heterocycles. The molecule has 1 aromatic heterocycles. The predicted molar refractivity (Wildman–Crippen MR) is 130 cm³/mol. The average Bonchev–Trinajstić information content (AvgIpc) is 3.48. The van der Waals surface area contributed by atoms with Gasteiger partial charge in [0.2, 0.25) is 6.79 Å². The summed E-state index contributed by atoms with van der Waals surface area (Å²) in [7, 11) is 0. The van der Waals surface area contributed by atoms with Crippen molar-refractivity contribution in [2.24, 2.45) is 0 Å². The fourth-order valence-electron chi connectivity index (χ4n) is 3.75. The SMILES string of the molecule is Cc1nnc(SCc2ccccc2C(=O)NCc2ccc3c(c2)OCO3)n1Cc1ccccc1. The van der Waals surface area contributed by atoms with Gasteiger partial charge in [0.05, 0.1) is 6.54 Å². The van der Waals surface area contributed by atoms with E-state index in [1.54, 1.807) is 11.8 Å². The van der Waals surface area contributed by atoms with Crippen molar-refractivity contribution in [3.05, 3.63) is 101 Å². The van der Waals surface area contributed by atoms with E-state index in [2.05, 4.69) is 32.2 Å². The second-order valence-corrected chi connectivity index (χ2v) is 8.86. The van der Waals surface area contributed by atoms with E-state index in [1.165, 1.54) is 5.56 Å². The van der Waals surface area contributed by atoms with Crippen molar-refractivity contribution < 1.29 is 14.3 Å². The molecular weight excluding hydrogens is 448 g/mol. The quantitative estimate of drug-likeness (QED) is 0.378. The smallest absolute Gasteiger partial charge is 0.251 e. The van der Waals surface area contributed by atoms with Crippen LogP contribution in [0, 0.1) is 6.92 Å². The molecule has 3 aromatic carbocycles. The van der Waals surface area contributed by atoms with Crippen molar-refractivity contribution in [1.29, 1.82) is 0 Å². The van der Waals surface area contributed by atoms with Crippen LogP contribution >= 0.6 is 11.8 Å². The highest BCUT2D eigenvalue weighted by Gasteiger charge is 2.16. The highest BCUT2D eigenvalue weighted by atomic mass is 32.2. The topological polar surface area (TPSA) is 78.3 Å². The summed E-state index contributed by atoms with van der Waals surface area (Å²) in [6, 6.07) is 23.6. The van der Waals surface area contributed by atoms with Gasteiger partial charge in [-0.1, -0.05) is 66.4 Å². The Hall–Kier alpha value is -3.78. The number of nitrogens with one attached hydrogen (secondary N) is 1. The summed E-state index contributed by atoms with van der Waals surface area (Å²) in [5.74, 6) is 2.80. The van der Waals surface area contributed by atoms with Gasteiger partial charge in [0, 0.05) is 17.9 Å². The summed E-state index contributed by atoms with van der Waals surface area (Å²) in [6.07, 6.45) is 0. The molecule has 5 rings (SSSR count). The first-order valence-electron chi connectivity index (χ1n) is 11.0. The average molecular weight is 473 g/mol.